The summed E-state index contributed by atoms with van der Waals surface area (Å²) in [7, 11) is 0. The number of aromatic nitrogens is 1. The SMILES string of the molecule is C=Cc1cccc(-c2cc3c4c(cccc4n2)-c2ccccc2-3)c1. The van der Waals surface area contributed by atoms with Crippen molar-refractivity contribution in [3.63, 3.8) is 0 Å². The van der Waals surface area contributed by atoms with Crippen LogP contribution in [0.25, 0.3) is 50.5 Å². The van der Waals surface area contributed by atoms with E-state index in [0.717, 1.165) is 22.3 Å². The van der Waals surface area contributed by atoms with Crippen molar-refractivity contribution in [1.82, 2.24) is 4.98 Å². The summed E-state index contributed by atoms with van der Waals surface area (Å²) in [6, 6.07) is 25.6. The second kappa shape index (κ2) is 4.90. The normalized spacial score (nSPS) is 11.5. The number of pyridine rings is 1. The van der Waals surface area contributed by atoms with Crippen LogP contribution in [0.2, 0.25) is 0 Å². The van der Waals surface area contributed by atoms with Gasteiger partial charge in [-0.25, -0.2) is 4.98 Å². The average molecular weight is 305 g/mol. The molecule has 1 heterocycles. The maximum absolute atomic E-state index is 4.93. The Morgan fingerprint density at radius 1 is 0.708 bits per heavy atom. The first-order chi connectivity index (χ1) is 11.8. The highest BCUT2D eigenvalue weighted by Gasteiger charge is 2.22. The van der Waals surface area contributed by atoms with Gasteiger partial charge in [0.05, 0.1) is 11.2 Å². The molecule has 0 atom stereocenters. The first-order valence-electron chi connectivity index (χ1n) is 8.11. The molecule has 0 aliphatic heterocycles. The maximum Gasteiger partial charge on any atom is 0.0722 e. The number of hydrogen-bond acceptors (Lipinski definition) is 1. The molecule has 112 valence electrons. The van der Waals surface area contributed by atoms with E-state index in [0.29, 0.717) is 0 Å². The molecule has 1 aromatic heterocycles. The second-order valence-electron chi connectivity index (χ2n) is 6.13. The Hall–Kier alpha value is -3.19. The fraction of sp³-hybridized carbons (Fsp3) is 0. The molecule has 1 nitrogen and oxygen atoms in total. The lowest BCUT2D eigenvalue weighted by molar-refractivity contribution is 1.40. The Bertz CT molecular complexity index is 1120. The maximum atomic E-state index is 4.93. The Labute approximate surface area is 140 Å². The van der Waals surface area contributed by atoms with Crippen molar-refractivity contribution in [2.45, 2.75) is 0 Å². The van der Waals surface area contributed by atoms with Crippen molar-refractivity contribution in [3.8, 4) is 33.5 Å². The average Bonchev–Trinajstić information content (AvgIpc) is 2.98. The van der Waals surface area contributed by atoms with Crippen LogP contribution in [0.15, 0.2) is 79.4 Å². The largest absolute Gasteiger partial charge is 0.248 e. The summed E-state index contributed by atoms with van der Waals surface area (Å²) in [5.41, 5.74) is 9.47. The zero-order valence-electron chi connectivity index (χ0n) is 13.2. The van der Waals surface area contributed by atoms with E-state index >= 15 is 0 Å². The summed E-state index contributed by atoms with van der Waals surface area (Å²) in [6.45, 7) is 3.87. The van der Waals surface area contributed by atoms with Gasteiger partial charge >= 0.3 is 0 Å². The topological polar surface area (TPSA) is 12.9 Å². The highest BCUT2D eigenvalue weighted by molar-refractivity contribution is 6.14. The van der Waals surface area contributed by atoms with Crippen LogP contribution in [0.1, 0.15) is 5.56 Å². The molecule has 0 radical (unpaired) electrons. The molecule has 4 aromatic rings. The lowest BCUT2D eigenvalue weighted by Crippen LogP contribution is -1.88. The monoisotopic (exact) mass is 305 g/mol. The van der Waals surface area contributed by atoms with Crippen LogP contribution in [0, 0.1) is 0 Å². The predicted molar refractivity (Wildman–Crippen MR) is 102 cm³/mol. The van der Waals surface area contributed by atoms with E-state index in [1.165, 1.54) is 27.6 Å². The van der Waals surface area contributed by atoms with Crippen LogP contribution in [0.4, 0.5) is 0 Å². The predicted octanol–water partition coefficient (Wildman–Crippen LogP) is 6.19. The van der Waals surface area contributed by atoms with E-state index in [1.54, 1.807) is 0 Å². The lowest BCUT2D eigenvalue weighted by atomic mass is 10.0. The molecule has 0 bridgehead atoms. The van der Waals surface area contributed by atoms with Gasteiger partial charge in [-0.2, -0.15) is 0 Å². The van der Waals surface area contributed by atoms with Crippen LogP contribution in [0.5, 0.6) is 0 Å². The van der Waals surface area contributed by atoms with Gasteiger partial charge in [-0.1, -0.05) is 67.3 Å². The smallest absolute Gasteiger partial charge is 0.0722 e. The van der Waals surface area contributed by atoms with Gasteiger partial charge in [0.15, 0.2) is 0 Å². The molecule has 0 saturated carbocycles. The van der Waals surface area contributed by atoms with Crippen molar-refractivity contribution in [1.29, 1.82) is 0 Å². The minimum absolute atomic E-state index is 1.01. The van der Waals surface area contributed by atoms with Crippen LogP contribution in [-0.4, -0.2) is 4.98 Å². The molecule has 24 heavy (non-hydrogen) atoms. The standard InChI is InChI=1S/C23H15N/c1-2-15-7-5-8-16(13-15)22-14-20-18-10-4-3-9-17(18)19-11-6-12-21(24-22)23(19)20/h2-14H,1H2. The highest BCUT2D eigenvalue weighted by atomic mass is 14.7. The van der Waals surface area contributed by atoms with Crippen LogP contribution in [0.3, 0.4) is 0 Å². The second-order valence-corrected chi connectivity index (χ2v) is 6.13. The van der Waals surface area contributed by atoms with Crippen molar-refractivity contribution in [3.05, 3.63) is 84.9 Å². The molecule has 1 heteroatoms. The molecular weight excluding hydrogens is 290 g/mol. The van der Waals surface area contributed by atoms with Crippen molar-refractivity contribution in [2.24, 2.45) is 0 Å². The quantitative estimate of drug-likeness (QED) is 0.379. The summed E-state index contributed by atoms with van der Waals surface area (Å²) < 4.78 is 0. The molecule has 0 fully saturated rings. The molecule has 0 unspecified atom stereocenters. The molecule has 5 rings (SSSR count). The third-order valence-corrected chi connectivity index (χ3v) is 4.76. The molecule has 0 N–H and O–H groups in total. The zero-order chi connectivity index (χ0) is 16.1. The number of rotatable bonds is 2. The van der Waals surface area contributed by atoms with E-state index in [4.69, 9.17) is 4.98 Å². The third kappa shape index (κ3) is 1.79. The van der Waals surface area contributed by atoms with Gasteiger partial charge in [0.25, 0.3) is 0 Å². The Morgan fingerprint density at radius 2 is 1.46 bits per heavy atom. The van der Waals surface area contributed by atoms with Gasteiger partial charge in [0, 0.05) is 10.9 Å². The summed E-state index contributed by atoms with van der Waals surface area (Å²) in [6.07, 6.45) is 1.87. The minimum atomic E-state index is 1.01. The van der Waals surface area contributed by atoms with E-state index in [2.05, 4.69) is 79.4 Å². The molecule has 0 saturated heterocycles. The van der Waals surface area contributed by atoms with Crippen LogP contribution in [-0.2, 0) is 0 Å². The minimum Gasteiger partial charge on any atom is -0.248 e. The number of hydrogen-bond donors (Lipinski definition) is 0. The van der Waals surface area contributed by atoms with Gasteiger partial charge in [-0.05, 0) is 46.0 Å². The fourth-order valence-corrected chi connectivity index (χ4v) is 3.65. The molecule has 0 amide bonds. The molecule has 3 aromatic carbocycles. The lowest BCUT2D eigenvalue weighted by Gasteiger charge is -2.07. The van der Waals surface area contributed by atoms with Gasteiger partial charge in [0.1, 0.15) is 0 Å². The van der Waals surface area contributed by atoms with Crippen LogP contribution >= 0.6 is 0 Å². The number of fused-ring (bicyclic) bond motifs is 3. The number of nitrogens with zero attached hydrogens (tertiary/aromatic N) is 1. The third-order valence-electron chi connectivity index (χ3n) is 4.76. The van der Waals surface area contributed by atoms with Crippen LogP contribution < -0.4 is 0 Å². The van der Waals surface area contributed by atoms with E-state index in [1.807, 2.05) is 6.08 Å². The van der Waals surface area contributed by atoms with Crippen molar-refractivity contribution < 1.29 is 0 Å². The molecule has 0 spiro atoms. The number of benzene rings is 3. The fourth-order valence-electron chi connectivity index (χ4n) is 3.65. The molecular formula is C23H15N. The molecule has 1 aliphatic rings. The highest BCUT2D eigenvalue weighted by Crippen LogP contribution is 2.47. The first-order valence-corrected chi connectivity index (χ1v) is 8.11. The van der Waals surface area contributed by atoms with Gasteiger partial charge < -0.3 is 0 Å². The van der Waals surface area contributed by atoms with Gasteiger partial charge in [-0.3, -0.25) is 0 Å². The summed E-state index contributed by atoms with van der Waals surface area (Å²) in [5.74, 6) is 0. The van der Waals surface area contributed by atoms with Gasteiger partial charge in [0.2, 0.25) is 0 Å². The van der Waals surface area contributed by atoms with Crippen molar-refractivity contribution >= 4 is 17.0 Å². The molecule has 1 aliphatic carbocycles. The zero-order valence-corrected chi connectivity index (χ0v) is 13.2. The van der Waals surface area contributed by atoms with E-state index in [9.17, 15) is 0 Å². The van der Waals surface area contributed by atoms with Gasteiger partial charge in [-0.15, -0.1) is 0 Å². The summed E-state index contributed by atoms with van der Waals surface area (Å²) in [4.78, 5) is 4.93. The first kappa shape index (κ1) is 13.3. The Morgan fingerprint density at radius 3 is 2.29 bits per heavy atom. The van der Waals surface area contributed by atoms with E-state index < -0.39 is 0 Å². The summed E-state index contributed by atoms with van der Waals surface area (Å²) >= 11 is 0. The Kier molecular flexibility index (Phi) is 2.71. The Balaban J connectivity index is 1.84. The summed E-state index contributed by atoms with van der Waals surface area (Å²) in [5, 5.41) is 1.27. The van der Waals surface area contributed by atoms with Crippen molar-refractivity contribution in [2.75, 3.05) is 0 Å². The van der Waals surface area contributed by atoms with E-state index in [-0.39, 0.29) is 0 Å².